The van der Waals surface area contributed by atoms with Crippen LogP contribution in [-0.2, 0) is 13.1 Å². The van der Waals surface area contributed by atoms with Gasteiger partial charge in [0.2, 0.25) is 0 Å². The first-order chi connectivity index (χ1) is 16.6. The number of nitrogens with zero attached hydrogens (tertiary/aromatic N) is 2. The van der Waals surface area contributed by atoms with Crippen LogP contribution in [0.5, 0.6) is 5.75 Å². The number of hydrogen-bond acceptors (Lipinski definition) is 4. The normalized spacial score (nSPS) is 14.9. The number of carbonyl (C=O) groups is 1. The maximum absolute atomic E-state index is 11.5. The SMILES string of the molecule is Cc1ccccc1-c1ccc(Cn2cncc2CNC2CCOc3c(C(=O)O)cccc32)cc1. The van der Waals surface area contributed by atoms with Crippen LogP contribution in [0.2, 0.25) is 0 Å². The average Bonchev–Trinajstić information content (AvgIpc) is 3.30. The molecule has 1 atom stereocenters. The summed E-state index contributed by atoms with van der Waals surface area (Å²) in [6.07, 6.45) is 4.51. The van der Waals surface area contributed by atoms with Crippen molar-refractivity contribution in [3.63, 3.8) is 0 Å². The largest absolute Gasteiger partial charge is 0.492 e. The van der Waals surface area contributed by atoms with Crippen LogP contribution in [-0.4, -0.2) is 27.2 Å². The monoisotopic (exact) mass is 453 g/mol. The zero-order valence-electron chi connectivity index (χ0n) is 19.1. The van der Waals surface area contributed by atoms with E-state index in [4.69, 9.17) is 4.74 Å². The van der Waals surface area contributed by atoms with Crippen molar-refractivity contribution in [3.05, 3.63) is 107 Å². The van der Waals surface area contributed by atoms with E-state index >= 15 is 0 Å². The lowest BCUT2D eigenvalue weighted by Gasteiger charge is -2.28. The van der Waals surface area contributed by atoms with Crippen LogP contribution in [0.3, 0.4) is 0 Å². The highest BCUT2D eigenvalue weighted by Gasteiger charge is 2.25. The molecule has 1 aromatic heterocycles. The number of carboxylic acid groups (broad SMARTS) is 1. The third kappa shape index (κ3) is 4.45. The van der Waals surface area contributed by atoms with E-state index in [-0.39, 0.29) is 11.6 Å². The van der Waals surface area contributed by atoms with Crippen LogP contribution < -0.4 is 10.1 Å². The van der Waals surface area contributed by atoms with Crippen LogP contribution in [0.25, 0.3) is 11.1 Å². The second kappa shape index (κ2) is 9.53. The number of hydrogen-bond donors (Lipinski definition) is 2. The molecule has 2 N–H and O–H groups in total. The van der Waals surface area contributed by atoms with Crippen LogP contribution in [0.4, 0.5) is 0 Å². The lowest BCUT2D eigenvalue weighted by Crippen LogP contribution is -2.28. The van der Waals surface area contributed by atoms with E-state index in [2.05, 4.69) is 70.3 Å². The molecule has 34 heavy (non-hydrogen) atoms. The van der Waals surface area contributed by atoms with E-state index in [0.29, 0.717) is 18.9 Å². The lowest BCUT2D eigenvalue weighted by molar-refractivity contribution is 0.0690. The molecule has 0 amide bonds. The predicted octanol–water partition coefficient (Wildman–Crippen LogP) is 5.22. The van der Waals surface area contributed by atoms with E-state index in [1.807, 2.05) is 18.6 Å². The van der Waals surface area contributed by atoms with Gasteiger partial charge in [-0.2, -0.15) is 0 Å². The van der Waals surface area contributed by atoms with Crippen molar-refractivity contribution in [1.82, 2.24) is 14.9 Å². The Labute approximate surface area is 198 Å². The molecule has 6 heteroatoms. The highest BCUT2D eigenvalue weighted by molar-refractivity contribution is 5.91. The Kier molecular flexibility index (Phi) is 6.14. The molecule has 0 radical (unpaired) electrons. The molecular formula is C28H27N3O3. The van der Waals surface area contributed by atoms with Crippen molar-refractivity contribution < 1.29 is 14.6 Å². The molecule has 4 aromatic rings. The Bertz CT molecular complexity index is 1310. The van der Waals surface area contributed by atoms with Gasteiger partial charge in [0.1, 0.15) is 11.3 Å². The molecule has 1 aliphatic rings. The number of aromatic nitrogens is 2. The molecule has 1 aliphatic heterocycles. The van der Waals surface area contributed by atoms with Gasteiger partial charge >= 0.3 is 5.97 Å². The van der Waals surface area contributed by atoms with E-state index in [1.165, 1.54) is 22.3 Å². The molecule has 6 nitrogen and oxygen atoms in total. The van der Waals surface area contributed by atoms with E-state index in [1.54, 1.807) is 12.1 Å². The Morgan fingerprint density at radius 3 is 2.74 bits per heavy atom. The van der Waals surface area contributed by atoms with Crippen molar-refractivity contribution in [2.75, 3.05) is 6.61 Å². The van der Waals surface area contributed by atoms with Crippen LogP contribution in [0.15, 0.2) is 79.3 Å². The molecular weight excluding hydrogens is 426 g/mol. The van der Waals surface area contributed by atoms with Gasteiger partial charge in [0.05, 0.1) is 18.6 Å². The standard InChI is InChI=1S/C28H27N3O3/c1-19-5-2-3-6-23(19)21-11-9-20(10-12-21)17-31-18-29-15-22(31)16-30-26-13-14-34-27-24(26)7-4-8-25(27)28(32)33/h2-12,15,18,26,30H,13-14,16-17H2,1H3,(H,32,33). The van der Waals surface area contributed by atoms with Gasteiger partial charge in [-0.15, -0.1) is 0 Å². The zero-order chi connectivity index (χ0) is 23.5. The summed E-state index contributed by atoms with van der Waals surface area (Å²) in [7, 11) is 0. The number of nitrogens with one attached hydrogen (secondary N) is 1. The summed E-state index contributed by atoms with van der Waals surface area (Å²) in [6.45, 7) is 3.98. The molecule has 172 valence electrons. The maximum atomic E-state index is 11.5. The van der Waals surface area contributed by atoms with Gasteiger partial charge in [-0.05, 0) is 35.2 Å². The number of carboxylic acids is 1. The van der Waals surface area contributed by atoms with Crippen molar-refractivity contribution in [2.24, 2.45) is 0 Å². The number of para-hydroxylation sites is 1. The quantitative estimate of drug-likeness (QED) is 0.401. The molecule has 0 fully saturated rings. The first-order valence-corrected chi connectivity index (χ1v) is 11.5. The first-order valence-electron chi connectivity index (χ1n) is 11.5. The number of imidazole rings is 1. The summed E-state index contributed by atoms with van der Waals surface area (Å²) >= 11 is 0. The Morgan fingerprint density at radius 2 is 1.94 bits per heavy atom. The minimum absolute atomic E-state index is 0.0276. The minimum Gasteiger partial charge on any atom is -0.492 e. The molecule has 0 saturated heterocycles. The fourth-order valence-corrected chi connectivity index (χ4v) is 4.55. The third-order valence-corrected chi connectivity index (χ3v) is 6.40. The van der Waals surface area contributed by atoms with Crippen LogP contribution in [0.1, 0.15) is 45.2 Å². The van der Waals surface area contributed by atoms with Crippen LogP contribution in [0, 0.1) is 6.92 Å². The number of aryl methyl sites for hydroxylation is 1. The summed E-state index contributed by atoms with van der Waals surface area (Å²) in [5, 5.41) is 13.0. The van der Waals surface area contributed by atoms with E-state index in [9.17, 15) is 9.90 Å². The number of ether oxygens (including phenoxy) is 1. The lowest BCUT2D eigenvalue weighted by atomic mass is 9.97. The van der Waals surface area contributed by atoms with Gasteiger partial charge in [0.25, 0.3) is 0 Å². The highest BCUT2D eigenvalue weighted by Crippen LogP contribution is 2.35. The third-order valence-electron chi connectivity index (χ3n) is 6.40. The topological polar surface area (TPSA) is 76.4 Å². The van der Waals surface area contributed by atoms with Gasteiger partial charge in [-0.3, -0.25) is 0 Å². The van der Waals surface area contributed by atoms with Gasteiger partial charge in [0.15, 0.2) is 0 Å². The summed E-state index contributed by atoms with van der Waals surface area (Å²) in [5.41, 5.74) is 7.12. The molecule has 3 aromatic carbocycles. The maximum Gasteiger partial charge on any atom is 0.339 e. The molecule has 0 aliphatic carbocycles. The Morgan fingerprint density at radius 1 is 1.12 bits per heavy atom. The van der Waals surface area contributed by atoms with Crippen molar-refractivity contribution in [3.8, 4) is 16.9 Å². The molecule has 0 spiro atoms. The number of fused-ring (bicyclic) bond motifs is 1. The molecule has 0 saturated carbocycles. The summed E-state index contributed by atoms with van der Waals surface area (Å²) < 4.78 is 7.84. The number of benzene rings is 3. The summed E-state index contributed by atoms with van der Waals surface area (Å²) in [5.74, 6) is -0.495. The van der Waals surface area contributed by atoms with Gasteiger partial charge in [-0.25, -0.2) is 9.78 Å². The van der Waals surface area contributed by atoms with Gasteiger partial charge in [0, 0.05) is 37.3 Å². The Balaban J connectivity index is 1.28. The second-order valence-corrected chi connectivity index (χ2v) is 8.62. The van der Waals surface area contributed by atoms with Gasteiger partial charge < -0.3 is 19.7 Å². The fourth-order valence-electron chi connectivity index (χ4n) is 4.55. The fraction of sp³-hybridized carbons (Fsp3) is 0.214. The number of rotatable bonds is 7. The van der Waals surface area contributed by atoms with E-state index < -0.39 is 5.97 Å². The second-order valence-electron chi connectivity index (χ2n) is 8.62. The van der Waals surface area contributed by atoms with E-state index in [0.717, 1.165) is 24.2 Å². The van der Waals surface area contributed by atoms with Crippen molar-refractivity contribution in [2.45, 2.75) is 32.5 Å². The smallest absolute Gasteiger partial charge is 0.339 e. The molecule has 5 rings (SSSR count). The molecule has 2 heterocycles. The Hall–Kier alpha value is -3.90. The highest BCUT2D eigenvalue weighted by atomic mass is 16.5. The summed E-state index contributed by atoms with van der Waals surface area (Å²) in [4.78, 5) is 15.9. The first kappa shape index (κ1) is 21.9. The van der Waals surface area contributed by atoms with Crippen molar-refractivity contribution >= 4 is 5.97 Å². The minimum atomic E-state index is -0.969. The number of aromatic carboxylic acids is 1. The average molecular weight is 454 g/mol. The zero-order valence-corrected chi connectivity index (χ0v) is 19.1. The molecule has 1 unspecified atom stereocenters. The summed E-state index contributed by atoms with van der Waals surface area (Å²) in [6, 6.07) is 22.4. The van der Waals surface area contributed by atoms with Crippen LogP contribution >= 0.6 is 0 Å². The van der Waals surface area contributed by atoms with Crippen molar-refractivity contribution in [1.29, 1.82) is 0 Å². The van der Waals surface area contributed by atoms with Gasteiger partial charge in [-0.1, -0.05) is 60.7 Å². The molecule has 0 bridgehead atoms. The predicted molar refractivity (Wildman–Crippen MR) is 131 cm³/mol.